The van der Waals surface area contributed by atoms with Gasteiger partial charge in [0.15, 0.2) is 0 Å². The molecule has 0 aromatic heterocycles. The van der Waals surface area contributed by atoms with Gasteiger partial charge in [-0.15, -0.1) is 11.6 Å². The zero-order valence-electron chi connectivity index (χ0n) is 11.0. The van der Waals surface area contributed by atoms with E-state index in [-0.39, 0.29) is 11.4 Å². The molecule has 0 atom stereocenters. The highest BCUT2D eigenvalue weighted by Gasteiger charge is 2.28. The molecular formula is C14H19Cl2NO. The van der Waals surface area contributed by atoms with E-state index in [0.717, 1.165) is 18.4 Å². The minimum Gasteiger partial charge on any atom is -0.345 e. The number of halogens is 2. The van der Waals surface area contributed by atoms with Gasteiger partial charge in [-0.25, -0.2) is 0 Å². The molecule has 0 aliphatic rings. The van der Waals surface area contributed by atoms with Gasteiger partial charge in [-0.3, -0.25) is 4.79 Å². The van der Waals surface area contributed by atoms with Gasteiger partial charge < -0.3 is 5.32 Å². The van der Waals surface area contributed by atoms with Crippen LogP contribution in [0.3, 0.4) is 0 Å². The summed E-state index contributed by atoms with van der Waals surface area (Å²) in [4.78, 5) is 12.2. The zero-order valence-corrected chi connectivity index (χ0v) is 12.5. The largest absolute Gasteiger partial charge is 0.345 e. The molecule has 0 unspecified atom stereocenters. The molecule has 0 radical (unpaired) electrons. The van der Waals surface area contributed by atoms with Crippen molar-refractivity contribution in [1.29, 1.82) is 0 Å². The molecule has 0 heterocycles. The van der Waals surface area contributed by atoms with E-state index in [1.165, 1.54) is 0 Å². The Morgan fingerprint density at radius 2 is 1.94 bits per heavy atom. The molecule has 0 bridgehead atoms. The number of hydrogen-bond acceptors (Lipinski definition) is 1. The number of carbonyl (C=O) groups excluding carboxylic acids is 1. The topological polar surface area (TPSA) is 29.1 Å². The summed E-state index contributed by atoms with van der Waals surface area (Å²) in [5, 5.41) is 3.48. The van der Waals surface area contributed by atoms with Crippen LogP contribution in [0.1, 0.15) is 42.6 Å². The van der Waals surface area contributed by atoms with Crippen LogP contribution in [-0.2, 0) is 0 Å². The monoisotopic (exact) mass is 287 g/mol. The van der Waals surface area contributed by atoms with Crippen molar-refractivity contribution < 1.29 is 4.79 Å². The second-order valence-electron chi connectivity index (χ2n) is 4.56. The molecule has 18 heavy (non-hydrogen) atoms. The van der Waals surface area contributed by atoms with E-state index in [4.69, 9.17) is 23.2 Å². The Morgan fingerprint density at radius 3 is 2.39 bits per heavy atom. The van der Waals surface area contributed by atoms with E-state index in [9.17, 15) is 4.79 Å². The Balaban J connectivity index is 2.94. The number of carbonyl (C=O) groups is 1. The van der Waals surface area contributed by atoms with Gasteiger partial charge in [0.05, 0.1) is 16.1 Å². The molecule has 1 aromatic rings. The lowest BCUT2D eigenvalue weighted by molar-refractivity contribution is 0.0902. The molecule has 1 N–H and O–H groups in total. The average molecular weight is 288 g/mol. The molecule has 0 fully saturated rings. The summed E-state index contributed by atoms with van der Waals surface area (Å²) in [5.41, 5.74) is 1.18. The SMILES string of the molecule is CCC(CC)(CCl)NC(=O)c1ccc(C)cc1Cl. The number of rotatable bonds is 5. The van der Waals surface area contributed by atoms with Gasteiger partial charge in [0.25, 0.3) is 5.91 Å². The third-order valence-electron chi connectivity index (χ3n) is 3.36. The van der Waals surface area contributed by atoms with Crippen LogP contribution in [0.4, 0.5) is 0 Å². The first-order valence-corrected chi connectivity index (χ1v) is 7.04. The summed E-state index contributed by atoms with van der Waals surface area (Å²) in [6.45, 7) is 5.97. The summed E-state index contributed by atoms with van der Waals surface area (Å²) in [7, 11) is 0. The van der Waals surface area contributed by atoms with Crippen molar-refractivity contribution in [2.45, 2.75) is 39.2 Å². The standard InChI is InChI=1S/C14H19Cl2NO/c1-4-14(5-2,9-15)17-13(18)11-7-6-10(3)8-12(11)16/h6-8H,4-5,9H2,1-3H3,(H,17,18). The number of alkyl halides is 1. The van der Waals surface area contributed by atoms with Gasteiger partial charge in [0, 0.05) is 5.88 Å². The van der Waals surface area contributed by atoms with Crippen molar-refractivity contribution in [3.63, 3.8) is 0 Å². The number of nitrogens with one attached hydrogen (secondary N) is 1. The van der Waals surface area contributed by atoms with E-state index in [0.29, 0.717) is 16.5 Å². The molecule has 1 rings (SSSR count). The quantitative estimate of drug-likeness (QED) is 0.809. The van der Waals surface area contributed by atoms with Crippen molar-refractivity contribution in [3.05, 3.63) is 34.3 Å². The van der Waals surface area contributed by atoms with Gasteiger partial charge in [-0.2, -0.15) is 0 Å². The lowest BCUT2D eigenvalue weighted by Crippen LogP contribution is -2.49. The molecule has 1 amide bonds. The fraction of sp³-hybridized carbons (Fsp3) is 0.500. The summed E-state index contributed by atoms with van der Waals surface area (Å²) in [6.07, 6.45) is 1.59. The molecule has 0 spiro atoms. The Hall–Kier alpha value is -0.730. The lowest BCUT2D eigenvalue weighted by Gasteiger charge is -2.30. The third kappa shape index (κ3) is 3.39. The summed E-state index contributed by atoms with van der Waals surface area (Å²) < 4.78 is 0. The van der Waals surface area contributed by atoms with Crippen molar-refractivity contribution in [1.82, 2.24) is 5.32 Å². The van der Waals surface area contributed by atoms with Gasteiger partial charge >= 0.3 is 0 Å². The van der Waals surface area contributed by atoms with Gasteiger partial charge in [-0.05, 0) is 37.5 Å². The summed E-state index contributed by atoms with van der Waals surface area (Å²) in [6, 6.07) is 5.41. The minimum absolute atomic E-state index is 0.163. The Morgan fingerprint density at radius 1 is 1.33 bits per heavy atom. The minimum atomic E-state index is -0.354. The van der Waals surface area contributed by atoms with E-state index in [1.807, 2.05) is 26.8 Å². The molecular weight excluding hydrogens is 269 g/mol. The normalized spacial score (nSPS) is 11.4. The van der Waals surface area contributed by atoms with E-state index in [1.54, 1.807) is 12.1 Å². The van der Waals surface area contributed by atoms with Crippen LogP contribution in [0.5, 0.6) is 0 Å². The summed E-state index contributed by atoms with van der Waals surface area (Å²) >= 11 is 12.1. The first-order chi connectivity index (χ1) is 8.48. The van der Waals surface area contributed by atoms with Crippen LogP contribution in [-0.4, -0.2) is 17.3 Å². The van der Waals surface area contributed by atoms with Gasteiger partial charge in [0.2, 0.25) is 0 Å². The first-order valence-electron chi connectivity index (χ1n) is 6.12. The van der Waals surface area contributed by atoms with Crippen LogP contribution in [0.2, 0.25) is 5.02 Å². The van der Waals surface area contributed by atoms with Crippen molar-refractivity contribution in [3.8, 4) is 0 Å². The maximum Gasteiger partial charge on any atom is 0.253 e. The Labute approximate surface area is 119 Å². The average Bonchev–Trinajstić information content (AvgIpc) is 2.36. The summed E-state index contributed by atoms with van der Waals surface area (Å²) in [5.74, 6) is 0.235. The van der Waals surface area contributed by atoms with Crippen LogP contribution >= 0.6 is 23.2 Å². The van der Waals surface area contributed by atoms with Crippen LogP contribution in [0, 0.1) is 6.92 Å². The Bertz CT molecular complexity index is 420. The number of benzene rings is 1. The number of amides is 1. The van der Waals surface area contributed by atoms with Gasteiger partial charge in [-0.1, -0.05) is 31.5 Å². The molecule has 4 heteroatoms. The predicted molar refractivity (Wildman–Crippen MR) is 77.7 cm³/mol. The fourth-order valence-electron chi connectivity index (χ4n) is 1.76. The number of hydrogen-bond donors (Lipinski definition) is 1. The van der Waals surface area contributed by atoms with E-state index in [2.05, 4.69) is 5.32 Å². The van der Waals surface area contributed by atoms with Crippen LogP contribution < -0.4 is 5.32 Å². The second kappa shape index (κ2) is 6.44. The van der Waals surface area contributed by atoms with Crippen molar-refractivity contribution in [2.24, 2.45) is 0 Å². The maximum absolute atomic E-state index is 12.2. The molecule has 100 valence electrons. The zero-order chi connectivity index (χ0) is 13.8. The third-order valence-corrected chi connectivity index (χ3v) is 4.18. The van der Waals surface area contributed by atoms with E-state index >= 15 is 0 Å². The molecule has 0 aliphatic carbocycles. The van der Waals surface area contributed by atoms with Crippen LogP contribution in [0.25, 0.3) is 0 Å². The fourth-order valence-corrected chi connectivity index (χ4v) is 2.53. The molecule has 0 aliphatic heterocycles. The molecule has 2 nitrogen and oxygen atoms in total. The first kappa shape index (κ1) is 15.3. The highest BCUT2D eigenvalue weighted by Crippen LogP contribution is 2.21. The maximum atomic E-state index is 12.2. The van der Waals surface area contributed by atoms with Crippen LogP contribution in [0.15, 0.2) is 18.2 Å². The van der Waals surface area contributed by atoms with Crippen molar-refractivity contribution >= 4 is 29.1 Å². The Kier molecular flexibility index (Phi) is 5.48. The highest BCUT2D eigenvalue weighted by atomic mass is 35.5. The predicted octanol–water partition coefficient (Wildman–Crippen LogP) is 4.18. The lowest BCUT2D eigenvalue weighted by atomic mass is 9.94. The smallest absolute Gasteiger partial charge is 0.253 e. The molecule has 0 saturated heterocycles. The van der Waals surface area contributed by atoms with Gasteiger partial charge in [0.1, 0.15) is 0 Å². The van der Waals surface area contributed by atoms with Crippen molar-refractivity contribution in [2.75, 3.05) is 5.88 Å². The van der Waals surface area contributed by atoms with E-state index < -0.39 is 0 Å². The second-order valence-corrected chi connectivity index (χ2v) is 5.23. The number of aryl methyl sites for hydroxylation is 1. The molecule has 1 aromatic carbocycles. The molecule has 0 saturated carbocycles. The highest BCUT2D eigenvalue weighted by molar-refractivity contribution is 6.34.